The van der Waals surface area contributed by atoms with Crippen molar-refractivity contribution in [1.29, 1.82) is 0 Å². The third-order valence-corrected chi connectivity index (χ3v) is 2.83. The first-order valence-corrected chi connectivity index (χ1v) is 6.70. The predicted octanol–water partition coefficient (Wildman–Crippen LogP) is 3.76. The number of hydrogen-bond acceptors (Lipinski definition) is 3. The first kappa shape index (κ1) is 15.9. The summed E-state index contributed by atoms with van der Waals surface area (Å²) in [6.45, 7) is 4.34. The minimum atomic E-state index is -1.41. The highest BCUT2D eigenvalue weighted by Gasteiger charge is 2.14. The summed E-state index contributed by atoms with van der Waals surface area (Å²) >= 11 is 0. The van der Waals surface area contributed by atoms with Crippen molar-refractivity contribution < 1.29 is 23.4 Å². The van der Waals surface area contributed by atoms with Gasteiger partial charge in [0.15, 0.2) is 0 Å². The van der Waals surface area contributed by atoms with Gasteiger partial charge in [-0.15, -0.1) is 0 Å². The molecule has 1 aromatic carbocycles. The molecule has 2 rings (SSSR count). The number of carboxylic acid groups (broad SMARTS) is 1. The molecule has 0 unspecified atom stereocenters. The van der Waals surface area contributed by atoms with E-state index in [9.17, 15) is 13.6 Å². The highest BCUT2D eigenvalue weighted by Crippen LogP contribution is 2.25. The quantitative estimate of drug-likeness (QED) is 0.854. The standard InChI is InChI=1S/C16H15F2NO3/c1-9(2)8-22-12-6-10(5-11(17)7-12)14-4-3-13(16(20)21)15(18)19-14/h3-7,9H,8H2,1-2H3,(H,20,21). The van der Waals surface area contributed by atoms with Crippen molar-refractivity contribution in [2.24, 2.45) is 5.92 Å². The number of carbonyl (C=O) groups is 1. The zero-order valence-electron chi connectivity index (χ0n) is 12.1. The van der Waals surface area contributed by atoms with Gasteiger partial charge in [-0.25, -0.2) is 14.2 Å². The van der Waals surface area contributed by atoms with Crippen LogP contribution in [0.4, 0.5) is 8.78 Å². The third kappa shape index (κ3) is 3.78. The van der Waals surface area contributed by atoms with Crippen molar-refractivity contribution in [3.05, 3.63) is 47.7 Å². The first-order valence-electron chi connectivity index (χ1n) is 6.70. The molecular weight excluding hydrogens is 292 g/mol. The second-order valence-corrected chi connectivity index (χ2v) is 5.22. The zero-order valence-corrected chi connectivity index (χ0v) is 12.1. The lowest BCUT2D eigenvalue weighted by atomic mass is 10.1. The topological polar surface area (TPSA) is 59.4 Å². The van der Waals surface area contributed by atoms with E-state index in [4.69, 9.17) is 9.84 Å². The molecule has 0 amide bonds. The van der Waals surface area contributed by atoms with Crippen molar-refractivity contribution in [3.8, 4) is 17.0 Å². The van der Waals surface area contributed by atoms with Crippen LogP contribution in [0.2, 0.25) is 0 Å². The third-order valence-electron chi connectivity index (χ3n) is 2.83. The van der Waals surface area contributed by atoms with Crippen molar-refractivity contribution in [3.63, 3.8) is 0 Å². The van der Waals surface area contributed by atoms with Gasteiger partial charge in [0.05, 0.1) is 12.3 Å². The summed E-state index contributed by atoms with van der Waals surface area (Å²) in [6.07, 6.45) is 0. The molecule has 0 saturated carbocycles. The van der Waals surface area contributed by atoms with Gasteiger partial charge in [0.25, 0.3) is 0 Å². The molecule has 116 valence electrons. The van der Waals surface area contributed by atoms with Gasteiger partial charge >= 0.3 is 5.97 Å². The smallest absolute Gasteiger partial charge is 0.340 e. The van der Waals surface area contributed by atoms with Gasteiger partial charge in [-0.1, -0.05) is 13.8 Å². The Labute approximate surface area is 126 Å². The molecule has 4 nitrogen and oxygen atoms in total. The number of hydrogen-bond donors (Lipinski definition) is 1. The summed E-state index contributed by atoms with van der Waals surface area (Å²) in [5.74, 6) is -2.47. The van der Waals surface area contributed by atoms with Crippen LogP contribution in [0, 0.1) is 17.7 Å². The maximum absolute atomic E-state index is 13.7. The molecule has 0 aliphatic heterocycles. The van der Waals surface area contributed by atoms with E-state index in [1.54, 1.807) is 0 Å². The van der Waals surface area contributed by atoms with Crippen LogP contribution in [0.5, 0.6) is 5.75 Å². The van der Waals surface area contributed by atoms with Crippen LogP contribution in [-0.4, -0.2) is 22.7 Å². The second-order valence-electron chi connectivity index (χ2n) is 5.22. The Kier molecular flexibility index (Phi) is 4.70. The van der Waals surface area contributed by atoms with Gasteiger partial charge in [0.2, 0.25) is 5.95 Å². The summed E-state index contributed by atoms with van der Waals surface area (Å²) in [5, 5.41) is 8.78. The van der Waals surface area contributed by atoms with Crippen LogP contribution in [0.15, 0.2) is 30.3 Å². The Bertz CT molecular complexity index is 702. The van der Waals surface area contributed by atoms with Gasteiger partial charge < -0.3 is 9.84 Å². The summed E-state index contributed by atoms with van der Waals surface area (Å²) in [6, 6.07) is 6.37. The number of carboxylic acids is 1. The van der Waals surface area contributed by atoms with Crippen molar-refractivity contribution in [1.82, 2.24) is 4.98 Å². The van der Waals surface area contributed by atoms with E-state index in [-0.39, 0.29) is 11.6 Å². The molecule has 0 aliphatic rings. The average Bonchev–Trinajstić information content (AvgIpc) is 2.44. The average molecular weight is 307 g/mol. The molecule has 0 radical (unpaired) electrons. The van der Waals surface area contributed by atoms with Gasteiger partial charge in [0, 0.05) is 11.6 Å². The van der Waals surface area contributed by atoms with Gasteiger partial charge in [-0.3, -0.25) is 0 Å². The number of ether oxygens (including phenoxy) is 1. The van der Waals surface area contributed by atoms with E-state index in [0.29, 0.717) is 17.9 Å². The largest absolute Gasteiger partial charge is 0.493 e. The molecule has 1 N–H and O–H groups in total. The van der Waals surface area contributed by atoms with Crippen LogP contribution >= 0.6 is 0 Å². The molecule has 0 aliphatic carbocycles. The van der Waals surface area contributed by atoms with E-state index < -0.39 is 23.3 Å². The Balaban J connectivity index is 2.36. The van der Waals surface area contributed by atoms with E-state index in [2.05, 4.69) is 4.98 Å². The lowest BCUT2D eigenvalue weighted by Crippen LogP contribution is -2.05. The SMILES string of the molecule is CC(C)COc1cc(F)cc(-c2ccc(C(=O)O)c(F)n2)c1. The molecule has 0 atom stereocenters. The fraction of sp³-hybridized carbons (Fsp3) is 0.250. The zero-order chi connectivity index (χ0) is 16.3. The Hall–Kier alpha value is -2.50. The molecule has 6 heteroatoms. The number of nitrogens with zero attached hydrogens (tertiary/aromatic N) is 1. The minimum absolute atomic E-state index is 0.136. The highest BCUT2D eigenvalue weighted by atomic mass is 19.1. The molecule has 0 saturated heterocycles. The van der Waals surface area contributed by atoms with Crippen LogP contribution in [0.25, 0.3) is 11.3 Å². The Morgan fingerprint density at radius 2 is 2.00 bits per heavy atom. The Morgan fingerprint density at radius 1 is 1.27 bits per heavy atom. The van der Waals surface area contributed by atoms with Crippen molar-refractivity contribution >= 4 is 5.97 Å². The number of rotatable bonds is 5. The second kappa shape index (κ2) is 6.51. The number of pyridine rings is 1. The molecular formula is C16H15F2NO3. The van der Waals surface area contributed by atoms with Crippen LogP contribution in [-0.2, 0) is 0 Å². The predicted molar refractivity (Wildman–Crippen MR) is 76.9 cm³/mol. The van der Waals surface area contributed by atoms with E-state index >= 15 is 0 Å². The molecule has 2 aromatic rings. The Morgan fingerprint density at radius 3 is 2.59 bits per heavy atom. The van der Waals surface area contributed by atoms with Gasteiger partial charge in [0.1, 0.15) is 17.1 Å². The maximum Gasteiger partial charge on any atom is 0.340 e. The molecule has 0 fully saturated rings. The molecule has 22 heavy (non-hydrogen) atoms. The summed E-state index contributed by atoms with van der Waals surface area (Å²) < 4.78 is 32.7. The molecule has 1 heterocycles. The van der Waals surface area contributed by atoms with Gasteiger partial charge in [-0.2, -0.15) is 4.39 Å². The van der Waals surface area contributed by atoms with Gasteiger partial charge in [-0.05, 0) is 30.2 Å². The highest BCUT2D eigenvalue weighted by molar-refractivity contribution is 5.87. The summed E-state index contributed by atoms with van der Waals surface area (Å²) in [4.78, 5) is 14.3. The minimum Gasteiger partial charge on any atom is -0.493 e. The van der Waals surface area contributed by atoms with Crippen LogP contribution < -0.4 is 4.74 Å². The maximum atomic E-state index is 13.7. The van der Waals surface area contributed by atoms with E-state index in [0.717, 1.165) is 6.07 Å². The lowest BCUT2D eigenvalue weighted by molar-refractivity contribution is 0.0691. The van der Waals surface area contributed by atoms with E-state index in [1.807, 2.05) is 13.8 Å². The van der Waals surface area contributed by atoms with Crippen LogP contribution in [0.3, 0.4) is 0 Å². The number of halogens is 2. The number of aromatic nitrogens is 1. The first-order chi connectivity index (χ1) is 10.4. The van der Waals surface area contributed by atoms with E-state index in [1.165, 1.54) is 24.3 Å². The number of benzene rings is 1. The van der Waals surface area contributed by atoms with Crippen LogP contribution in [0.1, 0.15) is 24.2 Å². The molecule has 1 aromatic heterocycles. The number of aromatic carboxylic acids is 1. The molecule has 0 spiro atoms. The fourth-order valence-electron chi connectivity index (χ4n) is 1.81. The monoisotopic (exact) mass is 307 g/mol. The summed E-state index contributed by atoms with van der Waals surface area (Å²) in [7, 11) is 0. The molecule has 0 bridgehead atoms. The summed E-state index contributed by atoms with van der Waals surface area (Å²) in [5.41, 5.74) is -0.0811. The van der Waals surface area contributed by atoms with Crippen molar-refractivity contribution in [2.45, 2.75) is 13.8 Å². The van der Waals surface area contributed by atoms with Crippen molar-refractivity contribution in [2.75, 3.05) is 6.61 Å². The lowest BCUT2D eigenvalue weighted by Gasteiger charge is -2.10. The normalized spacial score (nSPS) is 10.8. The fourth-order valence-corrected chi connectivity index (χ4v) is 1.81.